The van der Waals surface area contributed by atoms with E-state index in [1.54, 1.807) is 0 Å². The van der Waals surface area contributed by atoms with Gasteiger partial charge in [-0.1, -0.05) is 91.0 Å². The molecule has 0 amide bonds. The Hall–Kier alpha value is -7.04. The first-order chi connectivity index (χ1) is 25.8. The SMILES string of the molecule is c1ccc(-n2c3ccccc3c3c4oc5c(ccc6c5c5ccccc5n6-c5ccc(-n6c7ccccc7c7ccccc76)cc5)c4ccc32)cc1. The Morgan fingerprint density at radius 3 is 1.06 bits per heavy atom. The summed E-state index contributed by atoms with van der Waals surface area (Å²) in [6.45, 7) is 0. The molecule has 0 spiro atoms. The average Bonchev–Trinajstić information content (AvgIpc) is 3.94. The monoisotopic (exact) mass is 663 g/mol. The minimum atomic E-state index is 0.924. The van der Waals surface area contributed by atoms with Gasteiger partial charge in [-0.25, -0.2) is 0 Å². The van der Waals surface area contributed by atoms with Crippen LogP contribution in [-0.4, -0.2) is 13.7 Å². The normalized spacial score (nSPS) is 12.2. The van der Waals surface area contributed by atoms with Gasteiger partial charge in [0.15, 0.2) is 0 Å². The second kappa shape index (κ2) is 10.3. The Balaban J connectivity index is 1.10. The summed E-state index contributed by atoms with van der Waals surface area (Å²) in [4.78, 5) is 0. The van der Waals surface area contributed by atoms with Crippen LogP contribution in [0.25, 0.3) is 104 Å². The van der Waals surface area contributed by atoms with Crippen molar-refractivity contribution in [3.05, 3.63) is 176 Å². The highest BCUT2D eigenvalue weighted by Crippen LogP contribution is 2.45. The van der Waals surface area contributed by atoms with E-state index < -0.39 is 0 Å². The van der Waals surface area contributed by atoms with Gasteiger partial charge >= 0.3 is 0 Å². The number of nitrogens with zero attached hydrogens (tertiary/aromatic N) is 3. The molecule has 0 fully saturated rings. The van der Waals surface area contributed by atoms with Crippen LogP contribution in [0, 0.1) is 0 Å². The number of hydrogen-bond acceptors (Lipinski definition) is 1. The predicted molar refractivity (Wildman–Crippen MR) is 217 cm³/mol. The molecule has 0 aliphatic heterocycles. The van der Waals surface area contributed by atoms with Crippen molar-refractivity contribution in [1.82, 2.24) is 13.7 Å². The zero-order chi connectivity index (χ0) is 33.9. The zero-order valence-electron chi connectivity index (χ0n) is 28.0. The summed E-state index contributed by atoms with van der Waals surface area (Å²) in [6, 6.07) is 63.3. The molecule has 0 saturated carbocycles. The van der Waals surface area contributed by atoms with Crippen molar-refractivity contribution in [2.45, 2.75) is 0 Å². The Kier molecular flexibility index (Phi) is 5.47. The summed E-state index contributed by atoms with van der Waals surface area (Å²) < 4.78 is 14.2. The molecule has 4 aromatic heterocycles. The van der Waals surface area contributed by atoms with Gasteiger partial charge in [0.1, 0.15) is 11.2 Å². The highest BCUT2D eigenvalue weighted by atomic mass is 16.3. The number of aromatic nitrogens is 3. The van der Waals surface area contributed by atoms with Crippen molar-refractivity contribution in [2.75, 3.05) is 0 Å². The van der Waals surface area contributed by atoms with Crippen LogP contribution in [0.2, 0.25) is 0 Å². The van der Waals surface area contributed by atoms with E-state index >= 15 is 0 Å². The summed E-state index contributed by atoms with van der Waals surface area (Å²) in [6.07, 6.45) is 0. The Morgan fingerprint density at radius 1 is 0.250 bits per heavy atom. The predicted octanol–water partition coefficient (Wildman–Crippen LogP) is 12.9. The molecule has 0 saturated heterocycles. The molecule has 4 heterocycles. The van der Waals surface area contributed by atoms with Gasteiger partial charge in [0.2, 0.25) is 0 Å². The molecule has 0 aliphatic carbocycles. The van der Waals surface area contributed by atoms with E-state index in [0.717, 1.165) is 66.3 Å². The van der Waals surface area contributed by atoms with Crippen molar-refractivity contribution >= 4 is 87.4 Å². The number of fused-ring (bicyclic) bond motifs is 14. The van der Waals surface area contributed by atoms with Crippen LogP contribution in [0.1, 0.15) is 0 Å². The summed E-state index contributed by atoms with van der Waals surface area (Å²) in [5.74, 6) is 0. The maximum absolute atomic E-state index is 7.11. The molecule has 4 heteroatoms. The van der Waals surface area contributed by atoms with E-state index in [0.29, 0.717) is 0 Å². The molecule has 0 bridgehead atoms. The van der Waals surface area contributed by atoms with Crippen molar-refractivity contribution in [3.63, 3.8) is 0 Å². The lowest BCUT2D eigenvalue weighted by Gasteiger charge is -2.11. The number of rotatable bonds is 3. The van der Waals surface area contributed by atoms with E-state index in [2.05, 4.69) is 190 Å². The van der Waals surface area contributed by atoms with Crippen molar-refractivity contribution in [1.29, 1.82) is 0 Å². The van der Waals surface area contributed by atoms with E-state index in [1.165, 1.54) is 38.1 Å². The second-order valence-electron chi connectivity index (χ2n) is 13.7. The first-order valence-electron chi connectivity index (χ1n) is 17.8. The molecule has 52 heavy (non-hydrogen) atoms. The lowest BCUT2D eigenvalue weighted by Crippen LogP contribution is -1.97. The maximum atomic E-state index is 7.11. The Bertz CT molecular complexity index is 3340. The molecular formula is C48H29N3O. The highest BCUT2D eigenvalue weighted by Gasteiger charge is 2.22. The van der Waals surface area contributed by atoms with Crippen LogP contribution in [0.15, 0.2) is 180 Å². The van der Waals surface area contributed by atoms with Gasteiger partial charge in [-0.2, -0.15) is 0 Å². The molecule has 8 aromatic carbocycles. The van der Waals surface area contributed by atoms with Crippen molar-refractivity contribution in [2.24, 2.45) is 0 Å². The van der Waals surface area contributed by atoms with Crippen molar-refractivity contribution < 1.29 is 4.42 Å². The third-order valence-corrected chi connectivity index (χ3v) is 11.0. The first-order valence-corrected chi connectivity index (χ1v) is 17.8. The quantitative estimate of drug-likeness (QED) is 0.185. The largest absolute Gasteiger partial charge is 0.455 e. The molecule has 0 radical (unpaired) electrons. The van der Waals surface area contributed by atoms with Gasteiger partial charge in [-0.3, -0.25) is 0 Å². The fourth-order valence-electron chi connectivity index (χ4n) is 8.88. The molecule has 0 atom stereocenters. The van der Waals surface area contributed by atoms with Crippen LogP contribution < -0.4 is 0 Å². The van der Waals surface area contributed by atoms with Crippen molar-refractivity contribution in [3.8, 4) is 17.1 Å². The molecule has 0 aliphatic rings. The summed E-state index contributed by atoms with van der Waals surface area (Å²) in [7, 11) is 0. The summed E-state index contributed by atoms with van der Waals surface area (Å²) in [5.41, 5.74) is 12.2. The minimum Gasteiger partial charge on any atom is -0.455 e. The zero-order valence-corrected chi connectivity index (χ0v) is 28.0. The van der Waals surface area contributed by atoms with E-state index in [4.69, 9.17) is 4.42 Å². The van der Waals surface area contributed by atoms with Crippen LogP contribution in [0.4, 0.5) is 0 Å². The third kappa shape index (κ3) is 3.60. The lowest BCUT2D eigenvalue weighted by molar-refractivity contribution is 0.677. The van der Waals surface area contributed by atoms with Gasteiger partial charge in [0.25, 0.3) is 0 Å². The summed E-state index contributed by atoms with van der Waals surface area (Å²) >= 11 is 0. The Labute approximate surface area is 297 Å². The number of furan rings is 1. The van der Waals surface area contributed by atoms with E-state index in [-0.39, 0.29) is 0 Å². The highest BCUT2D eigenvalue weighted by molar-refractivity contribution is 6.29. The second-order valence-corrected chi connectivity index (χ2v) is 13.7. The van der Waals surface area contributed by atoms with Crippen LogP contribution in [-0.2, 0) is 0 Å². The van der Waals surface area contributed by atoms with Gasteiger partial charge in [0, 0.05) is 49.4 Å². The standard InChI is InChI=1S/C48H29N3O/c1-2-12-30(13-3-1)50-41-20-10-6-16-37(41)45-43(50)28-26-35-36-27-29-44-46(48(36)52-47(35)45)38-17-7-11-21-42(38)51(44)32-24-22-31(23-25-32)49-39-18-8-4-14-33(39)34-15-5-9-19-40(34)49/h1-29H. The average molecular weight is 664 g/mol. The van der Waals surface area contributed by atoms with E-state index in [9.17, 15) is 0 Å². The lowest BCUT2D eigenvalue weighted by atomic mass is 10.1. The fourth-order valence-corrected chi connectivity index (χ4v) is 8.88. The molecule has 12 aromatic rings. The number of benzene rings is 8. The van der Waals surface area contributed by atoms with Gasteiger partial charge in [-0.15, -0.1) is 0 Å². The van der Waals surface area contributed by atoms with Crippen LogP contribution >= 0.6 is 0 Å². The molecule has 0 unspecified atom stereocenters. The fraction of sp³-hybridized carbons (Fsp3) is 0. The van der Waals surface area contributed by atoms with Gasteiger partial charge in [0.05, 0.1) is 43.9 Å². The molecule has 12 rings (SSSR count). The van der Waals surface area contributed by atoms with Crippen LogP contribution in [0.5, 0.6) is 0 Å². The summed E-state index contributed by atoms with van der Waals surface area (Å²) in [5, 5.41) is 9.44. The van der Waals surface area contributed by atoms with Gasteiger partial charge in [-0.05, 0) is 84.9 Å². The smallest absolute Gasteiger partial charge is 0.145 e. The number of para-hydroxylation sites is 5. The molecule has 4 nitrogen and oxygen atoms in total. The number of hydrogen-bond donors (Lipinski definition) is 0. The molecule has 0 N–H and O–H groups in total. The van der Waals surface area contributed by atoms with E-state index in [1.807, 2.05) is 0 Å². The minimum absolute atomic E-state index is 0.924. The molecule has 242 valence electrons. The topological polar surface area (TPSA) is 27.9 Å². The first kappa shape index (κ1) is 27.7. The molecular weight excluding hydrogens is 635 g/mol. The van der Waals surface area contributed by atoms with Gasteiger partial charge < -0.3 is 18.1 Å². The maximum Gasteiger partial charge on any atom is 0.145 e. The third-order valence-electron chi connectivity index (χ3n) is 11.0. The van der Waals surface area contributed by atoms with Crippen LogP contribution in [0.3, 0.4) is 0 Å². The Morgan fingerprint density at radius 2 is 0.596 bits per heavy atom.